The van der Waals surface area contributed by atoms with Crippen LogP contribution in [0.1, 0.15) is 393 Å². The highest BCUT2D eigenvalue weighted by Gasteiger charge is 2.19. The number of hydrogen-bond donors (Lipinski definition) is 0. The zero-order valence-corrected chi connectivity index (χ0v) is 50.0. The lowest BCUT2D eigenvalue weighted by Gasteiger charge is -2.18. The number of carbonyl (C=O) groups excluding carboxylic acids is 3. The van der Waals surface area contributed by atoms with Crippen molar-refractivity contribution >= 4 is 17.9 Å². The van der Waals surface area contributed by atoms with Crippen LogP contribution in [-0.4, -0.2) is 37.2 Å². The zero-order chi connectivity index (χ0) is 52.9. The lowest BCUT2D eigenvalue weighted by molar-refractivity contribution is -0.167. The van der Waals surface area contributed by atoms with Crippen LogP contribution in [0.5, 0.6) is 0 Å². The summed E-state index contributed by atoms with van der Waals surface area (Å²) >= 11 is 0. The maximum atomic E-state index is 12.8. The summed E-state index contributed by atoms with van der Waals surface area (Å²) in [4.78, 5) is 38.1. The molecule has 0 fully saturated rings. The monoisotopic (exact) mass is 1030 g/mol. The fraction of sp³-hybridized carbons (Fsp3) is 0.955. The zero-order valence-electron chi connectivity index (χ0n) is 50.0. The van der Waals surface area contributed by atoms with E-state index in [4.69, 9.17) is 14.2 Å². The van der Waals surface area contributed by atoms with Gasteiger partial charge in [-0.05, 0) is 19.3 Å². The van der Waals surface area contributed by atoms with Crippen molar-refractivity contribution in [2.24, 2.45) is 0 Å². The number of hydrogen-bond acceptors (Lipinski definition) is 6. The molecule has 0 amide bonds. The third-order valence-electron chi connectivity index (χ3n) is 15.6. The lowest BCUT2D eigenvalue weighted by atomic mass is 10.0. The molecule has 73 heavy (non-hydrogen) atoms. The summed E-state index contributed by atoms with van der Waals surface area (Å²) in [7, 11) is 0. The fourth-order valence-electron chi connectivity index (χ4n) is 10.6. The van der Waals surface area contributed by atoms with E-state index in [1.165, 1.54) is 295 Å². The summed E-state index contributed by atoms with van der Waals surface area (Å²) < 4.78 is 16.9. The van der Waals surface area contributed by atoms with Gasteiger partial charge in [-0.3, -0.25) is 14.4 Å². The first kappa shape index (κ1) is 71.4. The van der Waals surface area contributed by atoms with Crippen molar-refractivity contribution in [3.63, 3.8) is 0 Å². The van der Waals surface area contributed by atoms with Crippen molar-refractivity contribution in [2.75, 3.05) is 13.2 Å². The Kier molecular flexibility index (Phi) is 61.6. The average Bonchev–Trinajstić information content (AvgIpc) is 3.39. The van der Waals surface area contributed by atoms with Crippen molar-refractivity contribution < 1.29 is 28.6 Å². The SMILES string of the molecule is CCCCCCCCCCCCCCCCCCCCCCCCCCCCCCCCCCCC(=O)OCC(COC(=O)CCCCCCCCCCC)OC(=O)CCCCCCCCCCCCCCC. The first-order chi connectivity index (χ1) is 36.0. The van der Waals surface area contributed by atoms with Crippen molar-refractivity contribution in [3.8, 4) is 0 Å². The summed E-state index contributed by atoms with van der Waals surface area (Å²) in [6.45, 7) is 6.69. The summed E-state index contributed by atoms with van der Waals surface area (Å²) in [6, 6.07) is 0. The molecule has 0 aliphatic rings. The van der Waals surface area contributed by atoms with Gasteiger partial charge in [-0.1, -0.05) is 355 Å². The first-order valence-corrected chi connectivity index (χ1v) is 33.5. The molecule has 0 bridgehead atoms. The molecule has 0 aromatic carbocycles. The first-order valence-electron chi connectivity index (χ1n) is 33.5. The van der Waals surface area contributed by atoms with Gasteiger partial charge in [-0.2, -0.15) is 0 Å². The van der Waals surface area contributed by atoms with Crippen LogP contribution in [0.2, 0.25) is 0 Å². The topological polar surface area (TPSA) is 78.9 Å². The van der Waals surface area contributed by atoms with E-state index in [1.54, 1.807) is 0 Å². The van der Waals surface area contributed by atoms with Gasteiger partial charge >= 0.3 is 17.9 Å². The van der Waals surface area contributed by atoms with E-state index >= 15 is 0 Å². The average molecular weight is 1030 g/mol. The van der Waals surface area contributed by atoms with Gasteiger partial charge in [-0.25, -0.2) is 0 Å². The summed E-state index contributed by atoms with van der Waals surface area (Å²) in [5.74, 6) is -0.835. The number of ether oxygens (including phenoxy) is 3. The van der Waals surface area contributed by atoms with E-state index in [1.807, 2.05) is 0 Å². The molecule has 0 aromatic rings. The molecule has 0 N–H and O–H groups in total. The molecular formula is C67H130O6. The summed E-state index contributed by atoms with van der Waals surface area (Å²) in [5.41, 5.74) is 0. The van der Waals surface area contributed by atoms with E-state index in [2.05, 4.69) is 20.8 Å². The second-order valence-corrected chi connectivity index (χ2v) is 23.1. The van der Waals surface area contributed by atoms with Gasteiger partial charge < -0.3 is 14.2 Å². The molecule has 0 heterocycles. The maximum absolute atomic E-state index is 12.8. The van der Waals surface area contributed by atoms with Crippen LogP contribution in [0.25, 0.3) is 0 Å². The third kappa shape index (κ3) is 61.1. The summed E-state index contributed by atoms with van der Waals surface area (Å²) in [6.07, 6.45) is 73.0. The van der Waals surface area contributed by atoms with Gasteiger partial charge in [0.1, 0.15) is 13.2 Å². The van der Waals surface area contributed by atoms with E-state index in [-0.39, 0.29) is 31.1 Å². The normalized spacial score (nSPS) is 11.9. The molecule has 1 atom stereocenters. The minimum absolute atomic E-state index is 0.0614. The van der Waals surface area contributed by atoms with Crippen LogP contribution < -0.4 is 0 Å². The molecular weight excluding hydrogens is 901 g/mol. The number of esters is 3. The molecule has 0 saturated heterocycles. The van der Waals surface area contributed by atoms with Crippen LogP contribution >= 0.6 is 0 Å². The van der Waals surface area contributed by atoms with E-state index in [9.17, 15) is 14.4 Å². The molecule has 6 nitrogen and oxygen atoms in total. The predicted octanol–water partition coefficient (Wildman–Crippen LogP) is 22.7. The highest BCUT2D eigenvalue weighted by Crippen LogP contribution is 2.19. The molecule has 0 saturated carbocycles. The fourth-order valence-corrected chi connectivity index (χ4v) is 10.6. The van der Waals surface area contributed by atoms with Gasteiger partial charge in [-0.15, -0.1) is 0 Å². The largest absolute Gasteiger partial charge is 0.462 e. The van der Waals surface area contributed by atoms with E-state index < -0.39 is 6.10 Å². The van der Waals surface area contributed by atoms with Gasteiger partial charge in [0.2, 0.25) is 0 Å². The Labute approximate surface area is 457 Å². The number of carbonyl (C=O) groups is 3. The minimum Gasteiger partial charge on any atom is -0.462 e. The van der Waals surface area contributed by atoms with E-state index in [0.29, 0.717) is 19.3 Å². The van der Waals surface area contributed by atoms with E-state index in [0.717, 1.165) is 57.8 Å². The second kappa shape index (κ2) is 62.9. The van der Waals surface area contributed by atoms with Crippen LogP contribution in [0.15, 0.2) is 0 Å². The standard InChI is InChI=1S/C67H130O6/c1-4-7-10-13-16-19-21-23-24-25-26-27-28-29-30-31-32-33-34-35-36-37-38-39-40-41-42-44-45-48-51-54-57-60-66(69)72-63-64(62-71-65(68)59-56-53-50-47-18-15-12-9-6-3)73-67(70)61-58-55-52-49-46-43-22-20-17-14-11-8-5-2/h64H,4-63H2,1-3H3. The van der Waals surface area contributed by atoms with Crippen molar-refractivity contribution in [1.29, 1.82) is 0 Å². The van der Waals surface area contributed by atoms with Crippen molar-refractivity contribution in [2.45, 2.75) is 399 Å². The van der Waals surface area contributed by atoms with Crippen molar-refractivity contribution in [1.82, 2.24) is 0 Å². The Bertz CT molecular complexity index is 1090. The Morgan fingerprint density at radius 2 is 0.370 bits per heavy atom. The van der Waals surface area contributed by atoms with Crippen LogP contribution in [0.4, 0.5) is 0 Å². The number of unbranched alkanes of at least 4 members (excludes halogenated alkanes) is 52. The van der Waals surface area contributed by atoms with Gasteiger partial charge in [0.05, 0.1) is 0 Å². The van der Waals surface area contributed by atoms with Crippen LogP contribution in [0, 0.1) is 0 Å². The molecule has 1 unspecified atom stereocenters. The van der Waals surface area contributed by atoms with Crippen LogP contribution in [-0.2, 0) is 28.6 Å². The Hall–Kier alpha value is -1.59. The van der Waals surface area contributed by atoms with Crippen molar-refractivity contribution in [3.05, 3.63) is 0 Å². The molecule has 0 aliphatic heterocycles. The molecule has 434 valence electrons. The molecule has 0 aromatic heterocycles. The maximum Gasteiger partial charge on any atom is 0.306 e. The molecule has 0 radical (unpaired) electrons. The second-order valence-electron chi connectivity index (χ2n) is 23.1. The Balaban J connectivity index is 3.92. The van der Waals surface area contributed by atoms with Gasteiger partial charge in [0.25, 0.3) is 0 Å². The molecule has 0 spiro atoms. The quantitative estimate of drug-likeness (QED) is 0.0343. The van der Waals surface area contributed by atoms with Crippen LogP contribution in [0.3, 0.4) is 0 Å². The highest BCUT2D eigenvalue weighted by atomic mass is 16.6. The predicted molar refractivity (Wildman–Crippen MR) is 317 cm³/mol. The lowest BCUT2D eigenvalue weighted by Crippen LogP contribution is -2.30. The Morgan fingerprint density at radius 3 is 0.548 bits per heavy atom. The summed E-state index contributed by atoms with van der Waals surface area (Å²) in [5, 5.41) is 0. The molecule has 0 aliphatic carbocycles. The molecule has 6 heteroatoms. The molecule has 0 rings (SSSR count). The highest BCUT2D eigenvalue weighted by molar-refractivity contribution is 5.71. The minimum atomic E-state index is -0.761. The van der Waals surface area contributed by atoms with Gasteiger partial charge in [0, 0.05) is 19.3 Å². The smallest absolute Gasteiger partial charge is 0.306 e. The van der Waals surface area contributed by atoms with Gasteiger partial charge in [0.15, 0.2) is 6.10 Å². The Morgan fingerprint density at radius 1 is 0.219 bits per heavy atom. The third-order valence-corrected chi connectivity index (χ3v) is 15.6. The number of rotatable bonds is 63.